The highest BCUT2D eigenvalue weighted by molar-refractivity contribution is 5.98. The Balaban J connectivity index is 3.02. The highest BCUT2D eigenvalue weighted by Gasteiger charge is 2.08. The number of phenols is 1. The van der Waals surface area contributed by atoms with E-state index in [4.69, 9.17) is 5.11 Å². The van der Waals surface area contributed by atoms with Gasteiger partial charge in [0.1, 0.15) is 5.75 Å². The van der Waals surface area contributed by atoms with Crippen LogP contribution in [-0.4, -0.2) is 10.9 Å². The van der Waals surface area contributed by atoms with Gasteiger partial charge in [0, 0.05) is 0 Å². The van der Waals surface area contributed by atoms with Crippen LogP contribution in [0.2, 0.25) is 0 Å². The number of ketones is 1. The summed E-state index contributed by atoms with van der Waals surface area (Å²) in [5.74, 6) is 0.551. The standard InChI is InChI=1S/C13H16O2/c1-9(2)13(10(3)14)8-11-4-6-12(15)7-5-11/h4-9,15H,1-3H3/b13-8+. The van der Waals surface area contributed by atoms with Gasteiger partial charge < -0.3 is 5.11 Å². The molecule has 2 heteroatoms. The predicted molar refractivity (Wildman–Crippen MR) is 61.6 cm³/mol. The third-order valence-corrected chi connectivity index (χ3v) is 2.24. The molecule has 0 unspecified atom stereocenters. The Bertz CT molecular complexity index is 372. The summed E-state index contributed by atoms with van der Waals surface area (Å²) in [7, 11) is 0. The van der Waals surface area contributed by atoms with E-state index in [0.717, 1.165) is 11.1 Å². The lowest BCUT2D eigenvalue weighted by Crippen LogP contribution is -2.03. The first kappa shape index (κ1) is 11.5. The van der Waals surface area contributed by atoms with E-state index in [1.807, 2.05) is 19.9 Å². The van der Waals surface area contributed by atoms with Crippen LogP contribution in [0, 0.1) is 5.92 Å². The molecule has 0 spiro atoms. The summed E-state index contributed by atoms with van der Waals surface area (Å²) < 4.78 is 0. The molecule has 0 aliphatic carbocycles. The van der Waals surface area contributed by atoms with E-state index < -0.39 is 0 Å². The number of benzene rings is 1. The van der Waals surface area contributed by atoms with E-state index in [0.29, 0.717) is 0 Å². The molecule has 0 aliphatic heterocycles. The molecular formula is C13H16O2. The second-order valence-electron chi connectivity index (χ2n) is 3.90. The molecule has 0 amide bonds. The first-order valence-electron chi connectivity index (χ1n) is 5.02. The Kier molecular flexibility index (Phi) is 3.67. The lowest BCUT2D eigenvalue weighted by molar-refractivity contribution is -0.113. The molecule has 0 aliphatic rings. The predicted octanol–water partition coefficient (Wildman–Crippen LogP) is 3.02. The molecule has 1 aromatic carbocycles. The number of carbonyl (C=O) groups is 1. The molecule has 0 radical (unpaired) electrons. The largest absolute Gasteiger partial charge is 0.508 e. The van der Waals surface area contributed by atoms with Crippen molar-refractivity contribution in [2.45, 2.75) is 20.8 Å². The van der Waals surface area contributed by atoms with Crippen molar-refractivity contribution in [3.8, 4) is 5.75 Å². The number of hydrogen-bond donors (Lipinski definition) is 1. The van der Waals surface area contributed by atoms with E-state index in [-0.39, 0.29) is 17.5 Å². The molecule has 0 fully saturated rings. The van der Waals surface area contributed by atoms with Crippen LogP contribution < -0.4 is 0 Å². The molecular weight excluding hydrogens is 188 g/mol. The topological polar surface area (TPSA) is 37.3 Å². The SMILES string of the molecule is CC(=O)/C(=C/c1ccc(O)cc1)C(C)C. The fourth-order valence-corrected chi connectivity index (χ4v) is 1.42. The summed E-state index contributed by atoms with van der Waals surface area (Å²) in [6.45, 7) is 5.56. The van der Waals surface area contributed by atoms with Gasteiger partial charge in [0.25, 0.3) is 0 Å². The molecule has 0 atom stereocenters. The van der Waals surface area contributed by atoms with Crippen molar-refractivity contribution in [1.82, 2.24) is 0 Å². The van der Waals surface area contributed by atoms with E-state index >= 15 is 0 Å². The van der Waals surface area contributed by atoms with Crippen molar-refractivity contribution < 1.29 is 9.90 Å². The van der Waals surface area contributed by atoms with Crippen molar-refractivity contribution in [3.05, 3.63) is 35.4 Å². The molecule has 0 saturated heterocycles. The zero-order valence-electron chi connectivity index (χ0n) is 9.32. The van der Waals surface area contributed by atoms with Gasteiger partial charge in [0.2, 0.25) is 0 Å². The summed E-state index contributed by atoms with van der Waals surface area (Å²) in [5, 5.41) is 9.12. The van der Waals surface area contributed by atoms with Crippen LogP contribution in [0.15, 0.2) is 29.8 Å². The summed E-state index contributed by atoms with van der Waals surface area (Å²) in [5.41, 5.74) is 1.74. The van der Waals surface area contributed by atoms with Gasteiger partial charge in [-0.3, -0.25) is 4.79 Å². The van der Waals surface area contributed by atoms with Crippen molar-refractivity contribution >= 4 is 11.9 Å². The maximum atomic E-state index is 11.3. The maximum absolute atomic E-state index is 11.3. The highest BCUT2D eigenvalue weighted by Crippen LogP contribution is 2.17. The number of rotatable bonds is 3. The molecule has 1 N–H and O–H groups in total. The Hall–Kier alpha value is -1.57. The number of allylic oxidation sites excluding steroid dienone is 1. The Morgan fingerprint density at radius 2 is 1.80 bits per heavy atom. The number of carbonyl (C=O) groups excluding carboxylic acids is 1. The van der Waals surface area contributed by atoms with Crippen molar-refractivity contribution in [3.63, 3.8) is 0 Å². The van der Waals surface area contributed by atoms with E-state index in [9.17, 15) is 4.79 Å². The van der Waals surface area contributed by atoms with Gasteiger partial charge in [-0.2, -0.15) is 0 Å². The van der Waals surface area contributed by atoms with Crippen LogP contribution in [-0.2, 0) is 4.79 Å². The third-order valence-electron chi connectivity index (χ3n) is 2.24. The third kappa shape index (κ3) is 3.24. The van der Waals surface area contributed by atoms with Crippen molar-refractivity contribution in [1.29, 1.82) is 0 Å². The maximum Gasteiger partial charge on any atom is 0.156 e. The van der Waals surface area contributed by atoms with Gasteiger partial charge >= 0.3 is 0 Å². The molecule has 0 aromatic heterocycles. The van der Waals surface area contributed by atoms with Gasteiger partial charge in [-0.1, -0.05) is 26.0 Å². The van der Waals surface area contributed by atoms with Crippen LogP contribution in [0.4, 0.5) is 0 Å². The number of Topliss-reactive ketones (excluding diaryl/α,β-unsaturated/α-hetero) is 1. The molecule has 15 heavy (non-hydrogen) atoms. The van der Waals surface area contributed by atoms with E-state index in [1.165, 1.54) is 0 Å². The van der Waals surface area contributed by atoms with Gasteiger partial charge in [-0.15, -0.1) is 0 Å². The minimum Gasteiger partial charge on any atom is -0.508 e. The Morgan fingerprint density at radius 3 is 2.20 bits per heavy atom. The van der Waals surface area contributed by atoms with Crippen molar-refractivity contribution in [2.24, 2.45) is 5.92 Å². The summed E-state index contributed by atoms with van der Waals surface area (Å²) in [6, 6.07) is 6.81. The van der Waals surface area contributed by atoms with Crippen LogP contribution in [0.25, 0.3) is 6.08 Å². The zero-order chi connectivity index (χ0) is 11.4. The first-order valence-corrected chi connectivity index (χ1v) is 5.02. The molecule has 80 valence electrons. The normalized spacial score (nSPS) is 11.9. The molecule has 0 saturated carbocycles. The molecule has 0 bridgehead atoms. The number of hydrogen-bond acceptors (Lipinski definition) is 2. The van der Waals surface area contributed by atoms with Crippen LogP contribution in [0.3, 0.4) is 0 Å². The molecule has 0 heterocycles. The monoisotopic (exact) mass is 204 g/mol. The second-order valence-corrected chi connectivity index (χ2v) is 3.90. The zero-order valence-corrected chi connectivity index (χ0v) is 9.32. The smallest absolute Gasteiger partial charge is 0.156 e. The van der Waals surface area contributed by atoms with Gasteiger partial charge in [0.15, 0.2) is 5.78 Å². The Labute approximate surface area is 90.3 Å². The highest BCUT2D eigenvalue weighted by atomic mass is 16.3. The number of aromatic hydroxyl groups is 1. The Morgan fingerprint density at radius 1 is 1.27 bits per heavy atom. The summed E-state index contributed by atoms with van der Waals surface area (Å²) in [6.07, 6.45) is 1.87. The van der Waals surface area contributed by atoms with Gasteiger partial charge in [-0.05, 0) is 42.2 Å². The quantitative estimate of drug-likeness (QED) is 0.768. The lowest BCUT2D eigenvalue weighted by Gasteiger charge is -2.07. The number of phenolic OH excluding ortho intramolecular Hbond substituents is 1. The van der Waals surface area contributed by atoms with Crippen LogP contribution in [0.1, 0.15) is 26.3 Å². The van der Waals surface area contributed by atoms with E-state index in [2.05, 4.69) is 0 Å². The molecule has 1 aromatic rings. The summed E-state index contributed by atoms with van der Waals surface area (Å²) >= 11 is 0. The van der Waals surface area contributed by atoms with E-state index in [1.54, 1.807) is 31.2 Å². The molecule has 1 rings (SSSR count). The first-order chi connectivity index (χ1) is 7.00. The minimum absolute atomic E-state index is 0.0954. The second kappa shape index (κ2) is 4.78. The van der Waals surface area contributed by atoms with Gasteiger partial charge in [0.05, 0.1) is 0 Å². The van der Waals surface area contributed by atoms with Crippen LogP contribution in [0.5, 0.6) is 5.75 Å². The fourth-order valence-electron chi connectivity index (χ4n) is 1.42. The lowest BCUT2D eigenvalue weighted by atomic mass is 9.97. The minimum atomic E-state index is 0.0954. The average Bonchev–Trinajstić information content (AvgIpc) is 2.15. The van der Waals surface area contributed by atoms with Crippen LogP contribution >= 0.6 is 0 Å². The van der Waals surface area contributed by atoms with Crippen molar-refractivity contribution in [2.75, 3.05) is 0 Å². The summed E-state index contributed by atoms with van der Waals surface area (Å²) in [4.78, 5) is 11.3. The average molecular weight is 204 g/mol. The molecule has 2 nitrogen and oxygen atoms in total. The van der Waals surface area contributed by atoms with Gasteiger partial charge in [-0.25, -0.2) is 0 Å². The fraction of sp³-hybridized carbons (Fsp3) is 0.308.